The van der Waals surface area contributed by atoms with Crippen molar-refractivity contribution in [2.75, 3.05) is 5.33 Å². The molecule has 6 heteroatoms. The zero-order chi connectivity index (χ0) is 12.8. The number of alkyl halides is 3. The van der Waals surface area contributed by atoms with E-state index in [1.54, 1.807) is 0 Å². The van der Waals surface area contributed by atoms with Gasteiger partial charge in [0.05, 0.1) is 5.56 Å². The summed E-state index contributed by atoms with van der Waals surface area (Å²) in [6.45, 7) is -2.96. The summed E-state index contributed by atoms with van der Waals surface area (Å²) in [4.78, 5) is 11.0. The molecule has 0 atom stereocenters. The van der Waals surface area contributed by atoms with E-state index in [2.05, 4.69) is 20.7 Å². The van der Waals surface area contributed by atoms with E-state index < -0.39 is 12.6 Å². The Morgan fingerprint density at radius 2 is 2.18 bits per heavy atom. The molecule has 0 amide bonds. The van der Waals surface area contributed by atoms with E-state index in [0.717, 1.165) is 0 Å². The molecule has 0 radical (unpaired) electrons. The Balaban J connectivity index is 3.09. The van der Waals surface area contributed by atoms with E-state index in [9.17, 15) is 13.6 Å². The summed E-state index contributed by atoms with van der Waals surface area (Å²) in [6, 6.07) is 4.12. The van der Waals surface area contributed by atoms with Gasteiger partial charge in [-0.25, -0.2) is 4.79 Å². The number of aromatic carboxylic acids is 1. The van der Waals surface area contributed by atoms with Gasteiger partial charge < -0.3 is 9.84 Å². The van der Waals surface area contributed by atoms with Crippen molar-refractivity contribution in [2.24, 2.45) is 0 Å². The molecule has 0 aliphatic heterocycles. The first kappa shape index (κ1) is 13.9. The monoisotopic (exact) mass is 308 g/mol. The highest BCUT2D eigenvalue weighted by Crippen LogP contribution is 2.26. The molecule has 1 rings (SSSR count). The van der Waals surface area contributed by atoms with Gasteiger partial charge in [0.2, 0.25) is 0 Å². The number of rotatable bonds is 6. The maximum atomic E-state index is 12.2. The van der Waals surface area contributed by atoms with Gasteiger partial charge >= 0.3 is 12.6 Å². The van der Waals surface area contributed by atoms with E-state index in [0.29, 0.717) is 23.7 Å². The van der Waals surface area contributed by atoms with Crippen LogP contribution in [0, 0.1) is 0 Å². The summed E-state index contributed by atoms with van der Waals surface area (Å²) < 4.78 is 28.7. The molecule has 0 saturated heterocycles. The summed E-state index contributed by atoms with van der Waals surface area (Å²) in [5.74, 6) is -1.21. The van der Waals surface area contributed by atoms with Crippen LogP contribution in [0.2, 0.25) is 0 Å². The van der Waals surface area contributed by atoms with E-state index in [-0.39, 0.29) is 11.3 Å². The summed E-state index contributed by atoms with van der Waals surface area (Å²) in [6.07, 6.45) is 1.01. The first-order chi connectivity index (χ1) is 8.06. The Hall–Kier alpha value is -1.17. The molecule has 0 heterocycles. The number of hydrogen-bond acceptors (Lipinski definition) is 2. The zero-order valence-electron chi connectivity index (χ0n) is 8.83. The van der Waals surface area contributed by atoms with Gasteiger partial charge in [0.15, 0.2) is 0 Å². The van der Waals surface area contributed by atoms with Gasteiger partial charge in [0.1, 0.15) is 5.75 Å². The molecule has 0 aliphatic carbocycles. The maximum Gasteiger partial charge on any atom is 0.387 e. The van der Waals surface area contributed by atoms with Crippen molar-refractivity contribution >= 4 is 21.9 Å². The fourth-order valence-corrected chi connectivity index (χ4v) is 1.75. The molecule has 0 aliphatic rings. The predicted octanol–water partition coefficient (Wildman–Crippen LogP) is 3.31. The number of hydrogen-bond donors (Lipinski definition) is 1. The highest BCUT2D eigenvalue weighted by atomic mass is 79.9. The van der Waals surface area contributed by atoms with Crippen molar-refractivity contribution in [1.82, 2.24) is 0 Å². The topological polar surface area (TPSA) is 46.5 Å². The SMILES string of the molecule is O=C(O)c1cccc(OC(F)F)c1CCCBr. The molecular weight excluding hydrogens is 298 g/mol. The zero-order valence-corrected chi connectivity index (χ0v) is 10.4. The lowest BCUT2D eigenvalue weighted by molar-refractivity contribution is -0.0505. The van der Waals surface area contributed by atoms with Crippen LogP contribution in [0.3, 0.4) is 0 Å². The summed E-state index contributed by atoms with van der Waals surface area (Å²) in [5.41, 5.74) is 0.309. The maximum absolute atomic E-state index is 12.2. The molecule has 1 N–H and O–H groups in total. The van der Waals surface area contributed by atoms with E-state index in [1.165, 1.54) is 18.2 Å². The van der Waals surface area contributed by atoms with Crippen LogP contribution in [0.25, 0.3) is 0 Å². The second kappa shape index (κ2) is 6.54. The minimum atomic E-state index is -2.96. The Labute approximate surface area is 106 Å². The van der Waals surface area contributed by atoms with Crippen LogP contribution in [-0.4, -0.2) is 23.0 Å². The van der Waals surface area contributed by atoms with Crippen LogP contribution in [0.1, 0.15) is 22.3 Å². The molecule has 3 nitrogen and oxygen atoms in total. The minimum absolute atomic E-state index is 0.00380. The van der Waals surface area contributed by atoms with Crippen LogP contribution in [0.15, 0.2) is 18.2 Å². The van der Waals surface area contributed by atoms with Crippen molar-refractivity contribution in [3.05, 3.63) is 29.3 Å². The van der Waals surface area contributed by atoms with Gasteiger partial charge in [0, 0.05) is 10.9 Å². The van der Waals surface area contributed by atoms with Crippen LogP contribution in [0.4, 0.5) is 8.78 Å². The van der Waals surface area contributed by atoms with Crippen molar-refractivity contribution in [3.63, 3.8) is 0 Å². The predicted molar refractivity (Wildman–Crippen MR) is 62.1 cm³/mol. The van der Waals surface area contributed by atoms with Gasteiger partial charge in [-0.2, -0.15) is 8.78 Å². The minimum Gasteiger partial charge on any atom is -0.478 e. The van der Waals surface area contributed by atoms with Crippen LogP contribution in [-0.2, 0) is 6.42 Å². The number of carboxylic acid groups (broad SMARTS) is 1. The first-order valence-corrected chi connectivity index (χ1v) is 6.04. The second-order valence-corrected chi connectivity index (χ2v) is 4.05. The van der Waals surface area contributed by atoms with Crippen LogP contribution >= 0.6 is 15.9 Å². The summed E-state index contributed by atoms with van der Waals surface area (Å²) >= 11 is 3.21. The van der Waals surface area contributed by atoms with Crippen molar-refractivity contribution in [1.29, 1.82) is 0 Å². The van der Waals surface area contributed by atoms with Crippen molar-refractivity contribution < 1.29 is 23.4 Å². The van der Waals surface area contributed by atoms with Gasteiger partial charge in [-0.15, -0.1) is 0 Å². The summed E-state index contributed by atoms with van der Waals surface area (Å²) in [5, 5.41) is 9.63. The smallest absolute Gasteiger partial charge is 0.387 e. The Kier molecular flexibility index (Phi) is 5.34. The molecule has 0 fully saturated rings. The van der Waals surface area contributed by atoms with Gasteiger partial charge in [-0.3, -0.25) is 0 Å². The van der Waals surface area contributed by atoms with Crippen LogP contribution in [0.5, 0.6) is 5.75 Å². The number of carboxylic acids is 1. The van der Waals surface area contributed by atoms with E-state index in [4.69, 9.17) is 5.11 Å². The fourth-order valence-electron chi connectivity index (χ4n) is 1.47. The summed E-state index contributed by atoms with van der Waals surface area (Å²) in [7, 11) is 0. The average Bonchev–Trinajstić information content (AvgIpc) is 2.26. The molecule has 1 aromatic carbocycles. The average molecular weight is 309 g/mol. The fraction of sp³-hybridized carbons (Fsp3) is 0.364. The number of halogens is 3. The number of carbonyl (C=O) groups is 1. The third-order valence-electron chi connectivity index (χ3n) is 2.14. The molecule has 0 spiro atoms. The second-order valence-electron chi connectivity index (χ2n) is 3.26. The van der Waals surface area contributed by atoms with Gasteiger partial charge in [-0.1, -0.05) is 22.0 Å². The highest BCUT2D eigenvalue weighted by molar-refractivity contribution is 9.09. The molecule has 0 unspecified atom stereocenters. The van der Waals surface area contributed by atoms with E-state index in [1.807, 2.05) is 0 Å². The van der Waals surface area contributed by atoms with Crippen LogP contribution < -0.4 is 4.74 Å². The molecular formula is C11H11BrF2O3. The molecule has 0 saturated carbocycles. The quantitative estimate of drug-likeness (QED) is 0.820. The third-order valence-corrected chi connectivity index (χ3v) is 2.70. The number of ether oxygens (including phenoxy) is 1. The molecule has 17 heavy (non-hydrogen) atoms. The van der Waals surface area contributed by atoms with Gasteiger partial charge in [-0.05, 0) is 25.0 Å². The largest absolute Gasteiger partial charge is 0.478 e. The molecule has 94 valence electrons. The lowest BCUT2D eigenvalue weighted by atomic mass is 10.0. The third kappa shape index (κ3) is 3.96. The van der Waals surface area contributed by atoms with Crippen molar-refractivity contribution in [2.45, 2.75) is 19.5 Å². The van der Waals surface area contributed by atoms with Crippen molar-refractivity contribution in [3.8, 4) is 5.75 Å². The Morgan fingerprint density at radius 1 is 1.47 bits per heavy atom. The first-order valence-electron chi connectivity index (χ1n) is 4.92. The Bertz CT molecular complexity index is 396. The van der Waals surface area contributed by atoms with Gasteiger partial charge in [0.25, 0.3) is 0 Å². The normalized spacial score (nSPS) is 10.6. The lowest BCUT2D eigenvalue weighted by Crippen LogP contribution is -2.09. The molecule has 0 bridgehead atoms. The number of benzene rings is 1. The van der Waals surface area contributed by atoms with E-state index >= 15 is 0 Å². The lowest BCUT2D eigenvalue weighted by Gasteiger charge is -2.12. The highest BCUT2D eigenvalue weighted by Gasteiger charge is 2.16. The Morgan fingerprint density at radius 3 is 2.71 bits per heavy atom. The molecule has 1 aromatic rings. The standard InChI is InChI=1S/C11H11BrF2O3/c12-6-2-4-7-8(10(15)16)3-1-5-9(7)17-11(13)14/h1,3,5,11H,2,4,6H2,(H,15,16). The molecule has 0 aromatic heterocycles.